The van der Waals surface area contributed by atoms with Crippen molar-refractivity contribution >= 4 is 11.8 Å². The van der Waals surface area contributed by atoms with E-state index in [0.717, 1.165) is 18.5 Å². The Bertz CT molecular complexity index is 337. The van der Waals surface area contributed by atoms with E-state index in [4.69, 9.17) is 0 Å². The smallest absolute Gasteiger partial charge is 0.0197 e. The number of rotatable bonds is 4. The Labute approximate surface area is 103 Å². The maximum absolute atomic E-state index is 3.61. The van der Waals surface area contributed by atoms with Crippen LogP contribution in [0.2, 0.25) is 0 Å². The van der Waals surface area contributed by atoms with E-state index in [1.165, 1.54) is 29.1 Å². The van der Waals surface area contributed by atoms with Crippen molar-refractivity contribution in [2.75, 3.05) is 18.1 Å². The zero-order valence-corrected chi connectivity index (χ0v) is 11.0. The van der Waals surface area contributed by atoms with E-state index in [-0.39, 0.29) is 0 Å². The van der Waals surface area contributed by atoms with Crippen LogP contribution in [0, 0.1) is 12.8 Å². The topological polar surface area (TPSA) is 12.0 Å². The van der Waals surface area contributed by atoms with Gasteiger partial charge in [0.05, 0.1) is 0 Å². The number of hydrogen-bond acceptors (Lipinski definition) is 2. The highest BCUT2D eigenvalue weighted by molar-refractivity contribution is 7.99. The normalized spacial score (nSPS) is 24.9. The number of nitrogens with one attached hydrogen (secondary N) is 1. The molecular formula is C14H21NS. The van der Waals surface area contributed by atoms with Gasteiger partial charge in [0.1, 0.15) is 0 Å². The monoisotopic (exact) mass is 235 g/mol. The summed E-state index contributed by atoms with van der Waals surface area (Å²) < 4.78 is 0. The molecule has 1 saturated heterocycles. The van der Waals surface area contributed by atoms with Gasteiger partial charge in [-0.05, 0) is 37.1 Å². The molecule has 1 aromatic rings. The van der Waals surface area contributed by atoms with Gasteiger partial charge in [0.2, 0.25) is 0 Å². The van der Waals surface area contributed by atoms with Crippen LogP contribution in [0.3, 0.4) is 0 Å². The Morgan fingerprint density at radius 3 is 3.00 bits per heavy atom. The van der Waals surface area contributed by atoms with Crippen LogP contribution < -0.4 is 5.32 Å². The predicted molar refractivity (Wildman–Crippen MR) is 73.2 cm³/mol. The summed E-state index contributed by atoms with van der Waals surface area (Å²) in [4.78, 5) is 0. The highest BCUT2D eigenvalue weighted by atomic mass is 32.2. The molecule has 1 aliphatic heterocycles. The molecule has 0 aromatic heterocycles. The van der Waals surface area contributed by atoms with Gasteiger partial charge in [0.25, 0.3) is 0 Å². The molecule has 1 heterocycles. The predicted octanol–water partition coefficient (Wildman–Crippen LogP) is 2.88. The highest BCUT2D eigenvalue weighted by Crippen LogP contribution is 2.27. The second-order valence-electron chi connectivity index (χ2n) is 4.65. The Kier molecular flexibility index (Phi) is 4.30. The molecule has 0 saturated carbocycles. The fourth-order valence-corrected chi connectivity index (χ4v) is 3.86. The van der Waals surface area contributed by atoms with Crippen LogP contribution in [0.4, 0.5) is 0 Å². The van der Waals surface area contributed by atoms with E-state index in [1.54, 1.807) is 0 Å². The van der Waals surface area contributed by atoms with Gasteiger partial charge < -0.3 is 5.32 Å². The largest absolute Gasteiger partial charge is 0.313 e. The van der Waals surface area contributed by atoms with E-state index in [2.05, 4.69) is 55.2 Å². The zero-order chi connectivity index (χ0) is 11.4. The summed E-state index contributed by atoms with van der Waals surface area (Å²) in [6.45, 7) is 5.47. The van der Waals surface area contributed by atoms with Gasteiger partial charge in [0, 0.05) is 11.8 Å². The third kappa shape index (κ3) is 3.02. The molecule has 2 atom stereocenters. The minimum Gasteiger partial charge on any atom is -0.313 e. The van der Waals surface area contributed by atoms with Crippen molar-refractivity contribution < 1.29 is 0 Å². The molecule has 1 aromatic carbocycles. The summed E-state index contributed by atoms with van der Waals surface area (Å²) in [7, 11) is 0. The lowest BCUT2D eigenvalue weighted by atomic mass is 9.94. The average Bonchev–Trinajstić information content (AvgIpc) is 2.66. The van der Waals surface area contributed by atoms with Gasteiger partial charge in [-0.1, -0.05) is 36.8 Å². The molecule has 2 unspecified atom stereocenters. The first-order chi connectivity index (χ1) is 7.79. The molecule has 1 nitrogen and oxygen atoms in total. The van der Waals surface area contributed by atoms with Gasteiger partial charge in [-0.3, -0.25) is 0 Å². The molecule has 2 rings (SSSR count). The first-order valence-corrected chi connectivity index (χ1v) is 7.31. The second-order valence-corrected chi connectivity index (χ2v) is 5.73. The Balaban J connectivity index is 1.98. The lowest BCUT2D eigenvalue weighted by molar-refractivity contribution is 0.434. The molecule has 0 aliphatic carbocycles. The van der Waals surface area contributed by atoms with E-state index < -0.39 is 0 Å². The Morgan fingerprint density at radius 1 is 1.38 bits per heavy atom. The number of hydrogen-bond donors (Lipinski definition) is 1. The van der Waals surface area contributed by atoms with Crippen LogP contribution >= 0.6 is 11.8 Å². The lowest BCUT2D eigenvalue weighted by Gasteiger charge is -2.19. The Morgan fingerprint density at radius 2 is 2.25 bits per heavy atom. The fourth-order valence-electron chi connectivity index (χ4n) is 2.43. The SMILES string of the molecule is CCNC1CSCC1Cc1cccc(C)c1. The molecular weight excluding hydrogens is 214 g/mol. The van der Waals surface area contributed by atoms with E-state index in [0.29, 0.717) is 0 Å². The van der Waals surface area contributed by atoms with Crippen molar-refractivity contribution in [3.05, 3.63) is 35.4 Å². The highest BCUT2D eigenvalue weighted by Gasteiger charge is 2.26. The summed E-state index contributed by atoms with van der Waals surface area (Å²) in [5, 5.41) is 3.61. The fraction of sp³-hybridized carbons (Fsp3) is 0.571. The molecule has 0 spiro atoms. The summed E-state index contributed by atoms with van der Waals surface area (Å²) in [5.41, 5.74) is 2.87. The van der Waals surface area contributed by atoms with Crippen LogP contribution in [0.5, 0.6) is 0 Å². The first kappa shape index (κ1) is 12.0. The molecule has 1 N–H and O–H groups in total. The van der Waals surface area contributed by atoms with Gasteiger partial charge in [-0.25, -0.2) is 0 Å². The third-order valence-corrected chi connectivity index (χ3v) is 4.50. The second kappa shape index (κ2) is 5.74. The van der Waals surface area contributed by atoms with Crippen molar-refractivity contribution in [3.8, 4) is 0 Å². The minimum atomic E-state index is 0.718. The standard InChI is InChI=1S/C14H21NS/c1-3-15-14-10-16-9-13(14)8-12-6-4-5-11(2)7-12/h4-7,13-15H,3,8-10H2,1-2H3. The quantitative estimate of drug-likeness (QED) is 0.861. The van der Waals surface area contributed by atoms with Gasteiger partial charge in [-0.2, -0.15) is 11.8 Å². The van der Waals surface area contributed by atoms with Crippen molar-refractivity contribution in [2.45, 2.75) is 26.3 Å². The third-order valence-electron chi connectivity index (χ3n) is 3.25. The van der Waals surface area contributed by atoms with Crippen LogP contribution in [-0.2, 0) is 6.42 Å². The molecule has 88 valence electrons. The average molecular weight is 235 g/mol. The first-order valence-electron chi connectivity index (χ1n) is 6.16. The van der Waals surface area contributed by atoms with Crippen molar-refractivity contribution in [3.63, 3.8) is 0 Å². The number of benzene rings is 1. The van der Waals surface area contributed by atoms with Crippen LogP contribution in [-0.4, -0.2) is 24.1 Å². The van der Waals surface area contributed by atoms with E-state index in [9.17, 15) is 0 Å². The molecule has 0 amide bonds. The summed E-state index contributed by atoms with van der Waals surface area (Å²) in [6, 6.07) is 9.66. The maximum Gasteiger partial charge on any atom is 0.0197 e. The van der Waals surface area contributed by atoms with E-state index in [1.807, 2.05) is 0 Å². The van der Waals surface area contributed by atoms with Gasteiger partial charge in [0.15, 0.2) is 0 Å². The van der Waals surface area contributed by atoms with Gasteiger partial charge in [-0.15, -0.1) is 0 Å². The van der Waals surface area contributed by atoms with Crippen molar-refractivity contribution in [1.82, 2.24) is 5.32 Å². The number of aryl methyl sites for hydroxylation is 1. The molecule has 0 radical (unpaired) electrons. The molecule has 1 aliphatic rings. The van der Waals surface area contributed by atoms with Crippen molar-refractivity contribution in [1.29, 1.82) is 0 Å². The molecule has 0 bridgehead atoms. The van der Waals surface area contributed by atoms with Crippen molar-refractivity contribution in [2.24, 2.45) is 5.92 Å². The zero-order valence-electron chi connectivity index (χ0n) is 10.2. The van der Waals surface area contributed by atoms with E-state index >= 15 is 0 Å². The molecule has 2 heteroatoms. The minimum absolute atomic E-state index is 0.718. The summed E-state index contributed by atoms with van der Waals surface area (Å²) >= 11 is 2.09. The van der Waals surface area contributed by atoms with Crippen LogP contribution in [0.1, 0.15) is 18.1 Å². The summed E-state index contributed by atoms with van der Waals surface area (Å²) in [5.74, 6) is 3.40. The summed E-state index contributed by atoms with van der Waals surface area (Å²) in [6.07, 6.45) is 1.23. The molecule has 16 heavy (non-hydrogen) atoms. The Hall–Kier alpha value is -0.470. The maximum atomic E-state index is 3.61. The van der Waals surface area contributed by atoms with Crippen LogP contribution in [0.15, 0.2) is 24.3 Å². The van der Waals surface area contributed by atoms with Gasteiger partial charge >= 0.3 is 0 Å². The lowest BCUT2D eigenvalue weighted by Crippen LogP contribution is -2.36. The number of thioether (sulfide) groups is 1. The van der Waals surface area contributed by atoms with Crippen LogP contribution in [0.25, 0.3) is 0 Å². The molecule has 1 fully saturated rings.